The van der Waals surface area contributed by atoms with E-state index in [-0.39, 0.29) is 37.8 Å². The second-order valence-corrected chi connectivity index (χ2v) is 7.47. The van der Waals surface area contributed by atoms with Crippen LogP contribution in [-0.2, 0) is 25.8 Å². The number of aromatic amines is 1. The van der Waals surface area contributed by atoms with Crippen LogP contribution in [0.3, 0.4) is 0 Å². The van der Waals surface area contributed by atoms with Gasteiger partial charge in [-0.3, -0.25) is 19.5 Å². The largest absolute Gasteiger partial charge is 0.463 e. The van der Waals surface area contributed by atoms with E-state index in [1.165, 1.54) is 13.8 Å². The molecule has 0 fully saturated rings. The van der Waals surface area contributed by atoms with Crippen molar-refractivity contribution in [2.45, 2.75) is 51.9 Å². The van der Waals surface area contributed by atoms with Crippen molar-refractivity contribution < 1.29 is 19.1 Å². The number of amides is 1. The average Bonchev–Trinajstić information content (AvgIpc) is 2.96. The number of carbonyl (C=O) groups excluding carboxylic acids is 2. The fraction of sp³-hybridized carbons (Fsp3) is 0.588. The zero-order chi connectivity index (χ0) is 20.5. The molecule has 0 unspecified atom stereocenters. The first kappa shape index (κ1) is 22.3. The van der Waals surface area contributed by atoms with Gasteiger partial charge in [0.2, 0.25) is 11.9 Å². The van der Waals surface area contributed by atoms with Crippen molar-refractivity contribution in [1.82, 2.24) is 19.5 Å². The predicted octanol–water partition coefficient (Wildman–Crippen LogP) is 3.27. The number of hydrogen-bond acceptors (Lipinski definition) is 8. The van der Waals surface area contributed by atoms with Crippen molar-refractivity contribution in [2.24, 2.45) is 0 Å². The second-order valence-electron chi connectivity index (χ2n) is 6.02. The van der Waals surface area contributed by atoms with Crippen LogP contribution in [0.25, 0.3) is 11.2 Å². The van der Waals surface area contributed by atoms with Gasteiger partial charge in [-0.2, -0.15) is 0 Å². The molecule has 2 aromatic heterocycles. The van der Waals surface area contributed by atoms with Crippen molar-refractivity contribution in [1.29, 1.82) is 0 Å². The van der Waals surface area contributed by atoms with Gasteiger partial charge in [-0.15, -0.1) is 0 Å². The summed E-state index contributed by atoms with van der Waals surface area (Å²) in [6.07, 6.45) is 3.38. The molecule has 0 radical (unpaired) electrons. The van der Waals surface area contributed by atoms with Crippen molar-refractivity contribution in [3.05, 3.63) is 4.64 Å². The molecule has 28 heavy (non-hydrogen) atoms. The fourth-order valence-electron chi connectivity index (χ4n) is 2.37. The Morgan fingerprint density at radius 3 is 2.71 bits per heavy atom. The predicted molar refractivity (Wildman–Crippen MR) is 110 cm³/mol. The lowest BCUT2D eigenvalue weighted by molar-refractivity contribution is -0.142. The Labute approximate surface area is 172 Å². The summed E-state index contributed by atoms with van der Waals surface area (Å²) in [6.45, 7) is 5.53. The number of nitrogens with zero attached hydrogens (tertiary/aromatic N) is 3. The lowest BCUT2D eigenvalue weighted by Gasteiger charge is -2.10. The van der Waals surface area contributed by atoms with Crippen molar-refractivity contribution in [2.75, 3.05) is 24.3 Å². The van der Waals surface area contributed by atoms with Gasteiger partial charge in [-0.25, -0.2) is 9.97 Å². The van der Waals surface area contributed by atoms with Gasteiger partial charge in [-0.05, 0) is 6.42 Å². The van der Waals surface area contributed by atoms with E-state index in [0.29, 0.717) is 15.8 Å². The summed E-state index contributed by atoms with van der Waals surface area (Å²) in [5, 5.41) is 3.36. The van der Waals surface area contributed by atoms with Crippen LogP contribution in [0.1, 0.15) is 40.0 Å². The molecule has 2 aromatic rings. The number of aromatic nitrogens is 4. The van der Waals surface area contributed by atoms with Crippen LogP contribution in [0, 0.1) is 4.64 Å². The number of imidazole rings is 1. The third-order valence-electron chi connectivity index (χ3n) is 3.61. The summed E-state index contributed by atoms with van der Waals surface area (Å²) in [5.41, 5.74) is 1.17. The number of nitrogens with one attached hydrogen (secondary N) is 2. The summed E-state index contributed by atoms with van der Waals surface area (Å²) in [6, 6.07) is 0. The van der Waals surface area contributed by atoms with Crippen LogP contribution in [-0.4, -0.2) is 50.4 Å². The summed E-state index contributed by atoms with van der Waals surface area (Å²) < 4.78 is 12.7. The number of hydrogen-bond donors (Lipinski definition) is 2. The van der Waals surface area contributed by atoms with Gasteiger partial charge in [0.15, 0.2) is 9.80 Å². The molecule has 0 aromatic carbocycles. The highest BCUT2D eigenvalue weighted by Crippen LogP contribution is 2.25. The van der Waals surface area contributed by atoms with E-state index < -0.39 is 0 Å². The number of ether oxygens (including phenoxy) is 2. The third kappa shape index (κ3) is 6.57. The van der Waals surface area contributed by atoms with Gasteiger partial charge in [0.05, 0.1) is 6.61 Å². The van der Waals surface area contributed by atoms with E-state index in [2.05, 4.69) is 27.2 Å². The maximum absolute atomic E-state index is 11.4. The van der Waals surface area contributed by atoms with E-state index in [1.807, 2.05) is 4.57 Å². The van der Waals surface area contributed by atoms with Crippen LogP contribution in [0.2, 0.25) is 0 Å². The summed E-state index contributed by atoms with van der Waals surface area (Å²) in [4.78, 5) is 34.0. The number of H-pyrrole nitrogens is 1. The Bertz CT molecular complexity index is 880. The lowest BCUT2D eigenvalue weighted by atomic mass is 10.3. The van der Waals surface area contributed by atoms with Crippen LogP contribution < -0.4 is 5.32 Å². The highest BCUT2D eigenvalue weighted by Gasteiger charge is 2.15. The Kier molecular flexibility index (Phi) is 8.87. The van der Waals surface area contributed by atoms with Crippen LogP contribution in [0.4, 0.5) is 5.95 Å². The quantitative estimate of drug-likeness (QED) is 0.243. The summed E-state index contributed by atoms with van der Waals surface area (Å²) in [7, 11) is 0. The minimum absolute atomic E-state index is 0.176. The SMILES string of the molecule is CCCCCSc1nc2c(=S)nc(NC(C)=O)[nH]c2n1COCCOC(C)=O. The molecular formula is C17H25N5O4S2. The van der Waals surface area contributed by atoms with Gasteiger partial charge in [-0.1, -0.05) is 43.7 Å². The molecule has 0 aliphatic heterocycles. The maximum atomic E-state index is 11.4. The topological polar surface area (TPSA) is 111 Å². The molecule has 0 aliphatic rings. The molecule has 0 atom stereocenters. The molecule has 0 saturated heterocycles. The molecule has 0 saturated carbocycles. The Morgan fingerprint density at radius 2 is 2.04 bits per heavy atom. The fourth-order valence-corrected chi connectivity index (χ4v) is 3.59. The zero-order valence-electron chi connectivity index (χ0n) is 16.2. The minimum atomic E-state index is -0.348. The van der Waals surface area contributed by atoms with Crippen molar-refractivity contribution in [3.8, 4) is 0 Å². The van der Waals surface area contributed by atoms with E-state index in [1.54, 1.807) is 11.8 Å². The van der Waals surface area contributed by atoms with Gasteiger partial charge >= 0.3 is 5.97 Å². The molecule has 0 aliphatic carbocycles. The monoisotopic (exact) mass is 427 g/mol. The molecule has 2 rings (SSSR count). The first-order chi connectivity index (χ1) is 13.4. The second kappa shape index (κ2) is 11.1. The molecule has 11 heteroatoms. The normalized spacial score (nSPS) is 11.0. The molecule has 0 spiro atoms. The number of fused-ring (bicyclic) bond motifs is 1. The van der Waals surface area contributed by atoms with Crippen LogP contribution in [0.15, 0.2) is 5.16 Å². The van der Waals surface area contributed by atoms with E-state index in [4.69, 9.17) is 21.7 Å². The smallest absolute Gasteiger partial charge is 0.302 e. The highest BCUT2D eigenvalue weighted by atomic mass is 32.2. The Hall–Kier alpha value is -1.98. The van der Waals surface area contributed by atoms with Crippen LogP contribution in [0.5, 0.6) is 0 Å². The van der Waals surface area contributed by atoms with Gasteiger partial charge in [0.1, 0.15) is 24.5 Å². The molecule has 0 bridgehead atoms. The van der Waals surface area contributed by atoms with Crippen LogP contribution >= 0.6 is 24.0 Å². The van der Waals surface area contributed by atoms with E-state index in [0.717, 1.165) is 30.2 Å². The van der Waals surface area contributed by atoms with Crippen molar-refractivity contribution >= 4 is 53.0 Å². The molecule has 2 N–H and O–H groups in total. The zero-order valence-corrected chi connectivity index (χ0v) is 17.9. The van der Waals surface area contributed by atoms with Crippen molar-refractivity contribution in [3.63, 3.8) is 0 Å². The number of thioether (sulfide) groups is 1. The number of anilines is 1. The standard InChI is InChI=1S/C17H25N5O4S2/c1-4-5-6-9-28-17-19-13-14(20-16(18-11(2)23)21-15(13)27)22(17)10-25-7-8-26-12(3)24/h4-10H2,1-3H3,(H2,18,20,21,23,27). The van der Waals surface area contributed by atoms with Gasteiger partial charge < -0.3 is 14.5 Å². The third-order valence-corrected chi connectivity index (χ3v) is 4.96. The lowest BCUT2D eigenvalue weighted by Crippen LogP contribution is -2.13. The maximum Gasteiger partial charge on any atom is 0.302 e. The minimum Gasteiger partial charge on any atom is -0.463 e. The molecular weight excluding hydrogens is 402 g/mol. The first-order valence-corrected chi connectivity index (χ1v) is 10.4. The Morgan fingerprint density at radius 1 is 1.25 bits per heavy atom. The first-order valence-electron chi connectivity index (χ1n) is 9.04. The molecule has 2 heterocycles. The Balaban J connectivity index is 2.25. The molecule has 154 valence electrons. The number of esters is 1. The summed E-state index contributed by atoms with van der Waals surface area (Å²) in [5.74, 6) is 0.575. The summed E-state index contributed by atoms with van der Waals surface area (Å²) >= 11 is 6.95. The highest BCUT2D eigenvalue weighted by molar-refractivity contribution is 7.99. The average molecular weight is 428 g/mol. The number of carbonyl (C=O) groups is 2. The van der Waals surface area contributed by atoms with E-state index >= 15 is 0 Å². The molecule has 1 amide bonds. The van der Waals surface area contributed by atoms with E-state index in [9.17, 15) is 9.59 Å². The molecule has 9 nitrogen and oxygen atoms in total. The number of rotatable bonds is 11. The number of unbranched alkanes of at least 4 members (excludes halogenated alkanes) is 2. The van der Waals surface area contributed by atoms with Gasteiger partial charge in [0.25, 0.3) is 0 Å². The van der Waals surface area contributed by atoms with Gasteiger partial charge in [0, 0.05) is 19.6 Å².